The number of thiophene rings is 1. The van der Waals surface area contributed by atoms with E-state index in [1.54, 1.807) is 22.6 Å². The summed E-state index contributed by atoms with van der Waals surface area (Å²) in [5.41, 5.74) is 3.41. The number of anilines is 1. The van der Waals surface area contributed by atoms with Gasteiger partial charge in [0.1, 0.15) is 17.0 Å². The zero-order valence-electron chi connectivity index (χ0n) is 17.7. The van der Waals surface area contributed by atoms with Crippen LogP contribution in [0.15, 0.2) is 23.4 Å². The highest BCUT2D eigenvalue weighted by molar-refractivity contribution is 7.20. The van der Waals surface area contributed by atoms with E-state index in [0.717, 1.165) is 50.1 Å². The normalized spacial score (nSPS) is 14.0. The fraction of sp³-hybridized carbons (Fsp3) is 0.455. The van der Waals surface area contributed by atoms with Crippen LogP contribution < -0.4 is 5.32 Å². The summed E-state index contributed by atoms with van der Waals surface area (Å²) in [7, 11) is 1.82. The molecule has 0 saturated heterocycles. The number of thiazole rings is 1. The maximum absolute atomic E-state index is 13.1. The third-order valence-corrected chi connectivity index (χ3v) is 7.47. The highest BCUT2D eigenvalue weighted by Crippen LogP contribution is 2.34. The van der Waals surface area contributed by atoms with Gasteiger partial charge in [0, 0.05) is 19.0 Å². The average Bonchev–Trinajstić information content (AvgIpc) is 3.31. The van der Waals surface area contributed by atoms with Gasteiger partial charge in [-0.05, 0) is 51.5 Å². The number of allylic oxidation sites excluding steroid dienone is 1. The van der Waals surface area contributed by atoms with Crippen LogP contribution in [0.2, 0.25) is 0 Å². The average molecular weight is 442 g/mol. The van der Waals surface area contributed by atoms with Crippen molar-refractivity contribution < 1.29 is 4.79 Å². The molecule has 1 aliphatic carbocycles. The zero-order valence-corrected chi connectivity index (χ0v) is 19.3. The van der Waals surface area contributed by atoms with Crippen LogP contribution >= 0.6 is 22.7 Å². The van der Waals surface area contributed by atoms with Gasteiger partial charge in [0.15, 0.2) is 0 Å². The summed E-state index contributed by atoms with van der Waals surface area (Å²) >= 11 is 3.04. The molecule has 0 atom stereocenters. The maximum atomic E-state index is 13.1. The number of nitrogens with one attached hydrogen (secondary N) is 1. The van der Waals surface area contributed by atoms with E-state index in [-0.39, 0.29) is 5.91 Å². The number of fused-ring (bicyclic) bond motifs is 1. The molecule has 3 heterocycles. The molecule has 158 valence electrons. The molecule has 0 saturated carbocycles. The Morgan fingerprint density at radius 3 is 2.87 bits per heavy atom. The largest absolute Gasteiger partial charge is 0.369 e. The van der Waals surface area contributed by atoms with Crippen molar-refractivity contribution in [3.05, 3.63) is 44.5 Å². The lowest BCUT2D eigenvalue weighted by atomic mass is 9.97. The Morgan fingerprint density at radius 2 is 2.13 bits per heavy atom. The first-order valence-corrected chi connectivity index (χ1v) is 12.0. The van der Waals surface area contributed by atoms with Crippen molar-refractivity contribution in [2.75, 3.05) is 18.9 Å². The van der Waals surface area contributed by atoms with Crippen molar-refractivity contribution in [1.82, 2.24) is 19.9 Å². The molecule has 0 aromatic carbocycles. The number of hydrogen-bond acceptors (Lipinski definition) is 7. The molecule has 0 bridgehead atoms. The summed E-state index contributed by atoms with van der Waals surface area (Å²) in [5, 5.41) is 7.46. The highest BCUT2D eigenvalue weighted by atomic mass is 32.1. The molecule has 1 aliphatic rings. The second-order valence-corrected chi connectivity index (χ2v) is 9.82. The molecule has 0 radical (unpaired) electrons. The molecule has 0 spiro atoms. The van der Waals surface area contributed by atoms with E-state index in [2.05, 4.69) is 26.3 Å². The van der Waals surface area contributed by atoms with Crippen LogP contribution in [0.1, 0.15) is 58.0 Å². The van der Waals surface area contributed by atoms with Gasteiger partial charge in [-0.25, -0.2) is 15.0 Å². The minimum absolute atomic E-state index is 0.000496. The molecule has 8 heteroatoms. The number of amides is 1. The van der Waals surface area contributed by atoms with Crippen molar-refractivity contribution in [3.8, 4) is 0 Å². The maximum Gasteiger partial charge on any atom is 0.264 e. The summed E-state index contributed by atoms with van der Waals surface area (Å²) in [5.74, 6) is 0.821. The quantitative estimate of drug-likeness (QED) is 0.501. The number of rotatable bonds is 7. The third kappa shape index (κ3) is 4.54. The summed E-state index contributed by atoms with van der Waals surface area (Å²) < 4.78 is 0. The fourth-order valence-corrected chi connectivity index (χ4v) is 5.60. The van der Waals surface area contributed by atoms with E-state index >= 15 is 0 Å². The van der Waals surface area contributed by atoms with Crippen LogP contribution in [0, 0.1) is 13.8 Å². The molecule has 0 aliphatic heterocycles. The number of aryl methyl sites for hydroxylation is 2. The van der Waals surface area contributed by atoms with Gasteiger partial charge in [0.2, 0.25) is 0 Å². The molecular formula is C22H27N5OS2. The third-order valence-electron chi connectivity index (χ3n) is 5.46. The molecule has 3 aromatic rings. The van der Waals surface area contributed by atoms with E-state index < -0.39 is 0 Å². The van der Waals surface area contributed by atoms with Gasteiger partial charge in [0.25, 0.3) is 5.91 Å². The van der Waals surface area contributed by atoms with Crippen molar-refractivity contribution in [3.63, 3.8) is 0 Å². The predicted molar refractivity (Wildman–Crippen MR) is 124 cm³/mol. The van der Waals surface area contributed by atoms with Gasteiger partial charge in [-0.3, -0.25) is 4.79 Å². The summed E-state index contributed by atoms with van der Waals surface area (Å²) in [4.78, 5) is 29.8. The second-order valence-electron chi connectivity index (χ2n) is 7.76. The van der Waals surface area contributed by atoms with Crippen molar-refractivity contribution >= 4 is 44.6 Å². The summed E-state index contributed by atoms with van der Waals surface area (Å²) in [6.45, 7) is 5.32. The smallest absolute Gasteiger partial charge is 0.264 e. The lowest BCUT2D eigenvalue weighted by Crippen LogP contribution is -2.26. The van der Waals surface area contributed by atoms with Crippen LogP contribution in [-0.4, -0.2) is 39.4 Å². The zero-order chi connectivity index (χ0) is 21.1. The number of nitrogens with zero attached hydrogens (tertiary/aromatic N) is 4. The van der Waals surface area contributed by atoms with Crippen LogP contribution in [-0.2, 0) is 6.54 Å². The van der Waals surface area contributed by atoms with E-state index in [0.29, 0.717) is 6.54 Å². The highest BCUT2D eigenvalue weighted by Gasteiger charge is 2.22. The summed E-state index contributed by atoms with van der Waals surface area (Å²) in [6.07, 6.45) is 10.0. The van der Waals surface area contributed by atoms with Crippen molar-refractivity contribution in [2.45, 2.75) is 52.5 Å². The standard InChI is InChI=1S/C22H27N5OS2/c1-14-18-20(23-10-9-16-7-5-4-6-8-16)24-13-25-21(18)30-19(14)22(28)27(3)11-17-12-29-15(2)26-17/h7,12-13H,4-6,8-11H2,1-3H3,(H,23,24,25). The van der Waals surface area contributed by atoms with Crippen LogP contribution in [0.3, 0.4) is 0 Å². The Labute approximate surface area is 185 Å². The number of hydrogen-bond donors (Lipinski definition) is 1. The molecule has 4 rings (SSSR count). The Kier molecular flexibility index (Phi) is 6.43. The van der Waals surface area contributed by atoms with Crippen molar-refractivity contribution in [2.24, 2.45) is 0 Å². The SMILES string of the molecule is Cc1nc(CN(C)C(=O)c2sc3ncnc(NCCC4=CCCCC4)c3c2C)cs1. The van der Waals surface area contributed by atoms with E-state index in [1.165, 1.54) is 42.6 Å². The topological polar surface area (TPSA) is 71.0 Å². The van der Waals surface area contributed by atoms with Crippen molar-refractivity contribution in [1.29, 1.82) is 0 Å². The Morgan fingerprint density at radius 1 is 1.27 bits per heavy atom. The molecule has 0 unspecified atom stereocenters. The molecular weight excluding hydrogens is 414 g/mol. The Balaban J connectivity index is 1.50. The number of carbonyl (C=O) groups is 1. The lowest BCUT2D eigenvalue weighted by molar-refractivity contribution is 0.0788. The van der Waals surface area contributed by atoms with Crippen LogP contribution in [0.5, 0.6) is 0 Å². The second kappa shape index (κ2) is 9.22. The minimum Gasteiger partial charge on any atom is -0.369 e. The van der Waals surface area contributed by atoms with Gasteiger partial charge in [-0.2, -0.15) is 0 Å². The molecule has 6 nitrogen and oxygen atoms in total. The first-order valence-electron chi connectivity index (χ1n) is 10.3. The van der Waals surface area contributed by atoms with E-state index in [9.17, 15) is 4.79 Å². The molecule has 1 amide bonds. The van der Waals surface area contributed by atoms with E-state index in [4.69, 9.17) is 0 Å². The van der Waals surface area contributed by atoms with E-state index in [1.807, 2.05) is 26.3 Å². The predicted octanol–water partition coefficient (Wildman–Crippen LogP) is 5.34. The van der Waals surface area contributed by atoms with Gasteiger partial charge in [-0.1, -0.05) is 11.6 Å². The minimum atomic E-state index is -0.000496. The first kappa shape index (κ1) is 20.9. The molecule has 1 N–H and O–H groups in total. The molecule has 0 fully saturated rings. The van der Waals surface area contributed by atoms with Crippen LogP contribution in [0.25, 0.3) is 10.2 Å². The molecule has 30 heavy (non-hydrogen) atoms. The summed E-state index contributed by atoms with van der Waals surface area (Å²) in [6, 6.07) is 0. The number of carbonyl (C=O) groups excluding carboxylic acids is 1. The Bertz CT molecular complexity index is 1080. The Hall–Kier alpha value is -2.32. The van der Waals surface area contributed by atoms with Gasteiger partial charge in [-0.15, -0.1) is 22.7 Å². The van der Waals surface area contributed by atoms with Crippen LogP contribution in [0.4, 0.5) is 5.82 Å². The fourth-order valence-electron chi connectivity index (χ4n) is 3.85. The monoisotopic (exact) mass is 441 g/mol. The van der Waals surface area contributed by atoms with Gasteiger partial charge in [0.05, 0.1) is 27.5 Å². The first-order chi connectivity index (χ1) is 14.5. The molecule has 3 aromatic heterocycles. The van der Waals surface area contributed by atoms with Gasteiger partial charge < -0.3 is 10.2 Å². The number of aromatic nitrogens is 3. The van der Waals surface area contributed by atoms with Gasteiger partial charge >= 0.3 is 0 Å². The lowest BCUT2D eigenvalue weighted by Gasteiger charge is -2.15.